The zero-order valence-corrected chi connectivity index (χ0v) is 13.6. The Balaban J connectivity index is 0.00000220. The van der Waals surface area contributed by atoms with Crippen molar-refractivity contribution in [1.82, 2.24) is 15.5 Å². The van der Waals surface area contributed by atoms with E-state index in [0.717, 1.165) is 5.56 Å². The molecule has 0 bridgehead atoms. The Labute approximate surface area is 133 Å². The van der Waals surface area contributed by atoms with Crippen molar-refractivity contribution in [3.8, 4) is 11.4 Å². The number of carbonyl (C=O) groups excluding carboxylic acids is 1. The van der Waals surface area contributed by atoms with Gasteiger partial charge in [0.15, 0.2) is 0 Å². The van der Waals surface area contributed by atoms with Gasteiger partial charge in [0.2, 0.25) is 17.6 Å². The van der Waals surface area contributed by atoms with Gasteiger partial charge in [-0.3, -0.25) is 4.79 Å². The molecule has 8 heteroatoms. The van der Waals surface area contributed by atoms with Crippen LogP contribution >= 0.6 is 23.7 Å². The van der Waals surface area contributed by atoms with E-state index in [1.165, 1.54) is 0 Å². The van der Waals surface area contributed by atoms with Crippen LogP contribution in [0.2, 0.25) is 0 Å². The smallest absolute Gasteiger partial charge is 0.227 e. The summed E-state index contributed by atoms with van der Waals surface area (Å²) in [6, 6.07) is 1.93. The van der Waals surface area contributed by atoms with Crippen molar-refractivity contribution in [1.29, 1.82) is 0 Å². The SMILES string of the molecule is CC(C)(N)CNC(=O)CCc1nc(-c2ccsc2)no1.Cl. The molecule has 0 saturated carbocycles. The average Bonchev–Trinajstić information content (AvgIpc) is 3.03. The minimum absolute atomic E-state index is 0. The summed E-state index contributed by atoms with van der Waals surface area (Å²) in [6.07, 6.45) is 0.731. The molecule has 2 rings (SSSR count). The summed E-state index contributed by atoms with van der Waals surface area (Å²) >= 11 is 1.57. The zero-order valence-electron chi connectivity index (χ0n) is 12.0. The van der Waals surface area contributed by atoms with E-state index < -0.39 is 5.54 Å². The summed E-state index contributed by atoms with van der Waals surface area (Å²) in [6.45, 7) is 4.16. The molecule has 0 atom stereocenters. The molecule has 0 spiro atoms. The number of aryl methyl sites for hydroxylation is 1. The van der Waals surface area contributed by atoms with E-state index in [0.29, 0.717) is 31.1 Å². The molecule has 21 heavy (non-hydrogen) atoms. The highest BCUT2D eigenvalue weighted by Gasteiger charge is 2.14. The van der Waals surface area contributed by atoms with Crippen molar-refractivity contribution in [2.45, 2.75) is 32.2 Å². The molecule has 0 aliphatic carbocycles. The van der Waals surface area contributed by atoms with Crippen LogP contribution in [0.1, 0.15) is 26.2 Å². The first-order valence-corrected chi connectivity index (χ1v) is 7.29. The number of halogens is 1. The lowest BCUT2D eigenvalue weighted by molar-refractivity contribution is -0.121. The normalized spacial score (nSPS) is 11.0. The molecule has 1 amide bonds. The molecule has 6 nitrogen and oxygen atoms in total. The Hall–Kier alpha value is -1.44. The van der Waals surface area contributed by atoms with Gasteiger partial charge in [0, 0.05) is 35.9 Å². The Bertz CT molecular complexity index is 563. The first-order valence-electron chi connectivity index (χ1n) is 6.35. The quantitative estimate of drug-likeness (QED) is 0.845. The van der Waals surface area contributed by atoms with Gasteiger partial charge in [-0.25, -0.2) is 0 Å². The second kappa shape index (κ2) is 7.53. The van der Waals surface area contributed by atoms with Gasteiger partial charge in [0.05, 0.1) is 0 Å². The Kier molecular flexibility index (Phi) is 6.32. The fraction of sp³-hybridized carbons (Fsp3) is 0.462. The lowest BCUT2D eigenvalue weighted by Crippen LogP contribution is -2.45. The van der Waals surface area contributed by atoms with Gasteiger partial charge in [0.1, 0.15) is 0 Å². The number of thiophene rings is 1. The maximum atomic E-state index is 11.6. The van der Waals surface area contributed by atoms with E-state index in [1.54, 1.807) is 11.3 Å². The van der Waals surface area contributed by atoms with E-state index in [1.807, 2.05) is 30.7 Å². The standard InChI is InChI=1S/C13H18N4O2S.ClH/c1-13(2,14)8-15-10(18)3-4-11-16-12(17-19-11)9-5-6-20-7-9;/h5-7H,3-4,8,14H2,1-2H3,(H,15,18);1H. The topological polar surface area (TPSA) is 94.0 Å². The van der Waals surface area contributed by atoms with E-state index in [2.05, 4.69) is 15.5 Å². The number of nitrogens with one attached hydrogen (secondary N) is 1. The second-order valence-corrected chi connectivity index (χ2v) is 6.07. The van der Waals surface area contributed by atoms with Crippen LogP contribution in [-0.2, 0) is 11.2 Å². The van der Waals surface area contributed by atoms with Gasteiger partial charge in [-0.1, -0.05) is 5.16 Å². The first kappa shape index (κ1) is 17.6. The summed E-state index contributed by atoms with van der Waals surface area (Å²) in [5.74, 6) is 0.955. The fourth-order valence-electron chi connectivity index (χ4n) is 1.50. The number of rotatable bonds is 6. The Morgan fingerprint density at radius 3 is 2.90 bits per heavy atom. The number of hydrogen-bond donors (Lipinski definition) is 2. The van der Waals surface area contributed by atoms with Gasteiger partial charge in [-0.05, 0) is 25.3 Å². The molecule has 0 aliphatic rings. The maximum absolute atomic E-state index is 11.6. The lowest BCUT2D eigenvalue weighted by atomic mass is 10.1. The van der Waals surface area contributed by atoms with Crippen LogP contribution in [0, 0.1) is 0 Å². The van der Waals surface area contributed by atoms with Crippen LogP contribution in [0.5, 0.6) is 0 Å². The summed E-state index contributed by atoms with van der Waals surface area (Å²) in [5.41, 5.74) is 6.31. The molecule has 0 unspecified atom stereocenters. The highest BCUT2D eigenvalue weighted by atomic mass is 35.5. The molecule has 0 aromatic carbocycles. The molecule has 2 aromatic heterocycles. The molecular formula is C13H19ClN4O2S. The molecule has 0 saturated heterocycles. The predicted octanol–water partition coefficient (Wildman–Crippen LogP) is 2.01. The summed E-state index contributed by atoms with van der Waals surface area (Å²) in [7, 11) is 0. The summed E-state index contributed by atoms with van der Waals surface area (Å²) in [4.78, 5) is 15.9. The van der Waals surface area contributed by atoms with Crippen LogP contribution in [0.4, 0.5) is 0 Å². The van der Waals surface area contributed by atoms with Crippen LogP contribution in [0.25, 0.3) is 11.4 Å². The molecule has 2 aromatic rings. The third kappa shape index (κ3) is 5.82. The van der Waals surface area contributed by atoms with Crippen LogP contribution in [0.15, 0.2) is 21.3 Å². The van der Waals surface area contributed by atoms with Gasteiger partial charge < -0.3 is 15.6 Å². The molecule has 3 N–H and O–H groups in total. The minimum atomic E-state index is -0.410. The highest BCUT2D eigenvalue weighted by molar-refractivity contribution is 7.08. The number of nitrogens with two attached hydrogens (primary N) is 1. The number of amides is 1. The van der Waals surface area contributed by atoms with E-state index in [-0.39, 0.29) is 18.3 Å². The molecule has 0 radical (unpaired) electrons. The second-order valence-electron chi connectivity index (χ2n) is 5.29. The summed E-state index contributed by atoms with van der Waals surface area (Å²) < 4.78 is 5.12. The van der Waals surface area contributed by atoms with Crippen LogP contribution in [-0.4, -0.2) is 28.1 Å². The maximum Gasteiger partial charge on any atom is 0.227 e. The van der Waals surface area contributed by atoms with Crippen molar-refractivity contribution < 1.29 is 9.32 Å². The highest BCUT2D eigenvalue weighted by Crippen LogP contribution is 2.18. The summed E-state index contributed by atoms with van der Waals surface area (Å²) in [5, 5.41) is 10.6. The number of aromatic nitrogens is 2. The molecule has 2 heterocycles. The number of carbonyl (C=O) groups is 1. The van der Waals surface area contributed by atoms with Crippen molar-refractivity contribution in [2.24, 2.45) is 5.73 Å². The van der Waals surface area contributed by atoms with Gasteiger partial charge in [-0.2, -0.15) is 16.3 Å². The third-order valence-corrected chi connectivity index (χ3v) is 3.24. The molecule has 116 valence electrons. The van der Waals surface area contributed by atoms with E-state index >= 15 is 0 Å². The van der Waals surface area contributed by atoms with Crippen LogP contribution < -0.4 is 11.1 Å². The van der Waals surface area contributed by atoms with Gasteiger partial charge >= 0.3 is 0 Å². The van der Waals surface area contributed by atoms with Crippen molar-refractivity contribution in [3.05, 3.63) is 22.7 Å². The van der Waals surface area contributed by atoms with Crippen molar-refractivity contribution in [2.75, 3.05) is 6.54 Å². The van der Waals surface area contributed by atoms with E-state index in [4.69, 9.17) is 10.3 Å². The largest absolute Gasteiger partial charge is 0.354 e. The number of hydrogen-bond acceptors (Lipinski definition) is 6. The zero-order chi connectivity index (χ0) is 14.6. The monoisotopic (exact) mass is 330 g/mol. The Morgan fingerprint density at radius 2 is 2.29 bits per heavy atom. The predicted molar refractivity (Wildman–Crippen MR) is 84.5 cm³/mol. The fourth-order valence-corrected chi connectivity index (χ4v) is 2.13. The molecule has 0 aliphatic heterocycles. The first-order chi connectivity index (χ1) is 9.44. The van der Waals surface area contributed by atoms with Crippen LogP contribution in [0.3, 0.4) is 0 Å². The lowest BCUT2D eigenvalue weighted by Gasteiger charge is -2.18. The molecular weight excluding hydrogens is 312 g/mol. The van der Waals surface area contributed by atoms with Crippen molar-refractivity contribution in [3.63, 3.8) is 0 Å². The van der Waals surface area contributed by atoms with E-state index in [9.17, 15) is 4.79 Å². The van der Waals surface area contributed by atoms with Crippen molar-refractivity contribution >= 4 is 29.7 Å². The van der Waals surface area contributed by atoms with Gasteiger partial charge in [-0.15, -0.1) is 12.4 Å². The molecule has 0 fully saturated rings. The third-order valence-electron chi connectivity index (χ3n) is 2.55. The minimum Gasteiger partial charge on any atom is -0.354 e. The number of nitrogens with zero attached hydrogens (tertiary/aromatic N) is 2. The van der Waals surface area contributed by atoms with Gasteiger partial charge in [0.25, 0.3) is 0 Å². The Morgan fingerprint density at radius 1 is 1.52 bits per heavy atom. The average molecular weight is 331 g/mol.